The molecule has 2 fully saturated rings. The highest BCUT2D eigenvalue weighted by atomic mass is 16.2. The van der Waals surface area contributed by atoms with Gasteiger partial charge in [-0.1, -0.05) is 31.0 Å². The molecule has 3 nitrogen and oxygen atoms in total. The monoisotopic (exact) mass is 258 g/mol. The van der Waals surface area contributed by atoms with Gasteiger partial charge in [0.1, 0.15) is 0 Å². The fraction of sp³-hybridized carbons (Fsp3) is 0.562. The average Bonchev–Trinajstić information content (AvgIpc) is 3.11. The summed E-state index contributed by atoms with van der Waals surface area (Å²) in [4.78, 5) is 14.5. The highest BCUT2D eigenvalue weighted by Gasteiger charge is 2.28. The Labute approximate surface area is 115 Å². The minimum absolute atomic E-state index is 0.283. The Bertz CT molecular complexity index is 426. The molecule has 1 amide bonds. The molecule has 1 aliphatic heterocycles. The Morgan fingerprint density at radius 3 is 2.58 bits per heavy atom. The summed E-state index contributed by atoms with van der Waals surface area (Å²) < 4.78 is 0. The molecule has 0 bridgehead atoms. The zero-order valence-corrected chi connectivity index (χ0v) is 11.3. The van der Waals surface area contributed by atoms with Crippen LogP contribution in [0.25, 0.3) is 0 Å². The number of nitrogens with zero attached hydrogens (tertiary/aromatic N) is 1. The molecule has 0 radical (unpaired) electrons. The van der Waals surface area contributed by atoms with E-state index < -0.39 is 0 Å². The number of hydrogen-bond acceptors (Lipinski definition) is 2. The van der Waals surface area contributed by atoms with Crippen LogP contribution < -0.4 is 10.2 Å². The summed E-state index contributed by atoms with van der Waals surface area (Å²) in [6.07, 6.45) is 5.67. The van der Waals surface area contributed by atoms with Crippen molar-refractivity contribution in [3.8, 4) is 0 Å². The maximum Gasteiger partial charge on any atom is 0.223 e. The summed E-state index contributed by atoms with van der Waals surface area (Å²) in [5.74, 6) is 0.572. The molecule has 2 aliphatic rings. The van der Waals surface area contributed by atoms with Crippen LogP contribution in [0.1, 0.15) is 32.1 Å². The number of carbonyl (C=O) groups excluding carboxylic acids is 1. The van der Waals surface area contributed by atoms with Gasteiger partial charge in [-0.25, -0.2) is 0 Å². The number of amides is 1. The van der Waals surface area contributed by atoms with E-state index in [1.807, 2.05) is 6.07 Å². The standard InChI is InChI=1S/C16H22N2O/c19-16(13-6-4-5-7-13)17-14-10-11-18(12-14)15-8-2-1-3-9-15/h1-3,8-9,13-14H,4-7,10-12H2,(H,17,19). The van der Waals surface area contributed by atoms with Gasteiger partial charge in [0.15, 0.2) is 0 Å². The van der Waals surface area contributed by atoms with E-state index in [9.17, 15) is 4.79 Å². The van der Waals surface area contributed by atoms with Gasteiger partial charge in [-0.15, -0.1) is 0 Å². The topological polar surface area (TPSA) is 32.3 Å². The van der Waals surface area contributed by atoms with Crippen LogP contribution in [0, 0.1) is 5.92 Å². The summed E-state index contributed by atoms with van der Waals surface area (Å²) in [5.41, 5.74) is 1.26. The molecule has 1 saturated carbocycles. The number of anilines is 1. The first kappa shape index (κ1) is 12.5. The molecule has 19 heavy (non-hydrogen) atoms. The maximum absolute atomic E-state index is 12.1. The van der Waals surface area contributed by atoms with Gasteiger partial charge < -0.3 is 10.2 Å². The first-order chi connectivity index (χ1) is 9.33. The Hall–Kier alpha value is -1.51. The number of para-hydroxylation sites is 1. The highest BCUT2D eigenvalue weighted by molar-refractivity contribution is 5.79. The van der Waals surface area contributed by atoms with Crippen molar-refractivity contribution in [2.45, 2.75) is 38.1 Å². The highest BCUT2D eigenvalue weighted by Crippen LogP contribution is 2.25. The number of rotatable bonds is 3. The third kappa shape index (κ3) is 2.91. The Morgan fingerprint density at radius 2 is 1.84 bits per heavy atom. The largest absolute Gasteiger partial charge is 0.369 e. The van der Waals surface area contributed by atoms with Gasteiger partial charge in [0.05, 0.1) is 0 Å². The molecule has 102 valence electrons. The van der Waals surface area contributed by atoms with E-state index in [4.69, 9.17) is 0 Å². The summed E-state index contributed by atoms with van der Waals surface area (Å²) in [6, 6.07) is 10.8. The molecule has 1 atom stereocenters. The molecule has 1 aromatic carbocycles. The third-order valence-electron chi connectivity index (χ3n) is 4.38. The molecule has 1 heterocycles. The van der Waals surface area contributed by atoms with E-state index in [0.717, 1.165) is 32.4 Å². The van der Waals surface area contributed by atoms with Crippen molar-refractivity contribution >= 4 is 11.6 Å². The first-order valence-corrected chi connectivity index (χ1v) is 7.43. The van der Waals surface area contributed by atoms with Crippen molar-refractivity contribution in [1.29, 1.82) is 0 Å². The van der Waals surface area contributed by atoms with E-state index in [1.165, 1.54) is 18.5 Å². The fourth-order valence-corrected chi connectivity index (χ4v) is 3.26. The zero-order chi connectivity index (χ0) is 13.1. The van der Waals surface area contributed by atoms with Gasteiger partial charge >= 0.3 is 0 Å². The van der Waals surface area contributed by atoms with Crippen LogP contribution in [0.4, 0.5) is 5.69 Å². The lowest BCUT2D eigenvalue weighted by Gasteiger charge is -2.20. The maximum atomic E-state index is 12.1. The summed E-state index contributed by atoms with van der Waals surface area (Å²) in [5, 5.41) is 3.24. The van der Waals surface area contributed by atoms with Crippen molar-refractivity contribution in [2.24, 2.45) is 5.92 Å². The predicted octanol–water partition coefficient (Wildman–Crippen LogP) is 2.57. The van der Waals surface area contributed by atoms with Crippen molar-refractivity contribution < 1.29 is 4.79 Å². The summed E-state index contributed by atoms with van der Waals surface area (Å²) >= 11 is 0. The Morgan fingerprint density at radius 1 is 1.11 bits per heavy atom. The van der Waals surface area contributed by atoms with Crippen LogP contribution in [0.3, 0.4) is 0 Å². The van der Waals surface area contributed by atoms with Gasteiger partial charge in [-0.05, 0) is 31.4 Å². The molecule has 1 aromatic rings. The molecule has 3 heteroatoms. The lowest BCUT2D eigenvalue weighted by Crippen LogP contribution is -2.40. The number of nitrogens with one attached hydrogen (secondary N) is 1. The minimum Gasteiger partial charge on any atom is -0.369 e. The average molecular weight is 258 g/mol. The molecular formula is C16H22N2O. The van der Waals surface area contributed by atoms with E-state index in [2.05, 4.69) is 34.5 Å². The van der Waals surface area contributed by atoms with Crippen LogP contribution in [0.15, 0.2) is 30.3 Å². The van der Waals surface area contributed by atoms with Crippen LogP contribution in [0.5, 0.6) is 0 Å². The van der Waals surface area contributed by atoms with Crippen molar-refractivity contribution in [3.05, 3.63) is 30.3 Å². The normalized spacial score (nSPS) is 23.8. The van der Waals surface area contributed by atoms with E-state index in [-0.39, 0.29) is 11.8 Å². The second-order valence-electron chi connectivity index (χ2n) is 5.76. The SMILES string of the molecule is O=C(NC1CCN(c2ccccc2)C1)C1CCCC1. The second-order valence-corrected chi connectivity index (χ2v) is 5.76. The lowest BCUT2D eigenvalue weighted by molar-refractivity contribution is -0.125. The summed E-state index contributed by atoms with van der Waals surface area (Å²) in [6.45, 7) is 1.99. The lowest BCUT2D eigenvalue weighted by atomic mass is 10.1. The van der Waals surface area contributed by atoms with E-state index in [0.29, 0.717) is 6.04 Å². The van der Waals surface area contributed by atoms with Gasteiger partial charge in [0.25, 0.3) is 0 Å². The molecule has 3 rings (SSSR count). The van der Waals surface area contributed by atoms with Crippen molar-refractivity contribution in [3.63, 3.8) is 0 Å². The summed E-state index contributed by atoms with van der Waals surface area (Å²) in [7, 11) is 0. The van der Waals surface area contributed by atoms with Crippen molar-refractivity contribution in [2.75, 3.05) is 18.0 Å². The van der Waals surface area contributed by atoms with E-state index >= 15 is 0 Å². The second kappa shape index (κ2) is 5.64. The minimum atomic E-state index is 0.283. The Kier molecular flexibility index (Phi) is 3.72. The molecule has 0 spiro atoms. The number of benzene rings is 1. The van der Waals surface area contributed by atoms with E-state index in [1.54, 1.807) is 0 Å². The quantitative estimate of drug-likeness (QED) is 0.903. The Balaban J connectivity index is 1.53. The predicted molar refractivity (Wildman–Crippen MR) is 77.2 cm³/mol. The molecule has 0 aromatic heterocycles. The van der Waals surface area contributed by atoms with Gasteiger partial charge in [0, 0.05) is 30.7 Å². The number of carbonyl (C=O) groups is 1. The molecule has 1 saturated heterocycles. The number of hydrogen-bond donors (Lipinski definition) is 1. The van der Waals surface area contributed by atoms with Crippen LogP contribution in [-0.4, -0.2) is 25.0 Å². The molecular weight excluding hydrogens is 236 g/mol. The van der Waals surface area contributed by atoms with Crippen LogP contribution in [-0.2, 0) is 4.79 Å². The molecule has 1 N–H and O–H groups in total. The van der Waals surface area contributed by atoms with Crippen LogP contribution >= 0.6 is 0 Å². The smallest absolute Gasteiger partial charge is 0.223 e. The molecule has 1 aliphatic carbocycles. The van der Waals surface area contributed by atoms with Gasteiger partial charge in [-0.2, -0.15) is 0 Å². The zero-order valence-electron chi connectivity index (χ0n) is 11.3. The van der Waals surface area contributed by atoms with Gasteiger partial charge in [0.2, 0.25) is 5.91 Å². The first-order valence-electron chi connectivity index (χ1n) is 7.43. The van der Waals surface area contributed by atoms with Crippen molar-refractivity contribution in [1.82, 2.24) is 5.32 Å². The van der Waals surface area contributed by atoms with Gasteiger partial charge in [-0.3, -0.25) is 4.79 Å². The van der Waals surface area contributed by atoms with Crippen LogP contribution in [0.2, 0.25) is 0 Å². The fourth-order valence-electron chi connectivity index (χ4n) is 3.26. The molecule has 1 unspecified atom stereocenters. The third-order valence-corrected chi connectivity index (χ3v) is 4.38.